The van der Waals surface area contributed by atoms with Crippen LogP contribution in [0.2, 0.25) is 0 Å². The molecule has 0 amide bonds. The van der Waals surface area contributed by atoms with Crippen LogP contribution >= 0.6 is 11.8 Å². The number of benzene rings is 1. The van der Waals surface area contributed by atoms with E-state index >= 15 is 0 Å². The number of aromatic nitrogens is 2. The lowest BCUT2D eigenvalue weighted by Gasteiger charge is -2.12. The van der Waals surface area contributed by atoms with Gasteiger partial charge >= 0.3 is 0 Å². The number of aryl methyl sites for hydroxylation is 1. The molecule has 0 bridgehead atoms. The molecule has 4 rings (SSSR count). The third-order valence-corrected chi connectivity index (χ3v) is 5.59. The zero-order valence-electron chi connectivity index (χ0n) is 14.1. The topological polar surface area (TPSA) is 49.8 Å². The van der Waals surface area contributed by atoms with Crippen molar-refractivity contribution in [1.82, 2.24) is 9.97 Å². The monoisotopic (exact) mass is 340 g/mol. The summed E-state index contributed by atoms with van der Waals surface area (Å²) in [5.74, 6) is 1.83. The summed E-state index contributed by atoms with van der Waals surface area (Å²) in [6, 6.07) is 11.2. The van der Waals surface area contributed by atoms with Gasteiger partial charge in [-0.3, -0.25) is 0 Å². The molecule has 2 aromatic rings. The zero-order chi connectivity index (χ0) is 16.4. The van der Waals surface area contributed by atoms with E-state index in [-0.39, 0.29) is 0 Å². The molecule has 1 fully saturated rings. The molecule has 1 aliphatic carbocycles. The molecule has 1 aliphatic heterocycles. The van der Waals surface area contributed by atoms with Crippen molar-refractivity contribution in [3.63, 3.8) is 0 Å². The van der Waals surface area contributed by atoms with E-state index in [1.165, 1.54) is 24.0 Å². The largest absolute Gasteiger partial charge is 0.370 e. The van der Waals surface area contributed by atoms with Crippen molar-refractivity contribution in [2.24, 2.45) is 0 Å². The van der Waals surface area contributed by atoms with Gasteiger partial charge in [-0.15, -0.1) is 11.8 Å². The Kier molecular flexibility index (Phi) is 4.60. The lowest BCUT2D eigenvalue weighted by Crippen LogP contribution is -2.12. The quantitative estimate of drug-likeness (QED) is 0.586. The Morgan fingerprint density at radius 2 is 2.00 bits per heavy atom. The molecule has 4 nitrogen and oxygen atoms in total. The van der Waals surface area contributed by atoms with Gasteiger partial charge in [-0.1, -0.05) is 37.3 Å². The first-order valence-electron chi connectivity index (χ1n) is 8.90. The van der Waals surface area contributed by atoms with E-state index in [9.17, 15) is 0 Å². The Morgan fingerprint density at radius 3 is 2.79 bits per heavy atom. The minimum absolute atomic E-state index is 0.581. The summed E-state index contributed by atoms with van der Waals surface area (Å²) in [6.07, 6.45) is 5.74. The van der Waals surface area contributed by atoms with Gasteiger partial charge in [-0.25, -0.2) is 4.98 Å². The molecule has 0 saturated heterocycles. The van der Waals surface area contributed by atoms with Crippen molar-refractivity contribution in [3.8, 4) is 0 Å². The third kappa shape index (κ3) is 3.83. The van der Waals surface area contributed by atoms with Crippen LogP contribution in [0.1, 0.15) is 37.3 Å². The van der Waals surface area contributed by atoms with Crippen molar-refractivity contribution < 1.29 is 0 Å². The van der Waals surface area contributed by atoms with E-state index < -0.39 is 0 Å². The molecule has 5 heteroatoms. The second-order valence-electron chi connectivity index (χ2n) is 6.75. The average Bonchev–Trinajstić information content (AvgIpc) is 3.31. The lowest BCUT2D eigenvalue weighted by molar-refractivity contribution is 0.845. The van der Waals surface area contributed by atoms with Crippen LogP contribution < -0.4 is 10.6 Å². The van der Waals surface area contributed by atoms with Gasteiger partial charge in [-0.2, -0.15) is 4.98 Å². The summed E-state index contributed by atoms with van der Waals surface area (Å²) >= 11 is 1.87. The third-order valence-electron chi connectivity index (χ3n) is 4.46. The number of fused-ring (bicyclic) bond motifs is 1. The second-order valence-corrected chi connectivity index (χ2v) is 8.17. The van der Waals surface area contributed by atoms with Crippen LogP contribution in [0.5, 0.6) is 0 Å². The van der Waals surface area contributed by atoms with Gasteiger partial charge in [0.25, 0.3) is 0 Å². The maximum atomic E-state index is 4.76. The van der Waals surface area contributed by atoms with E-state index in [4.69, 9.17) is 9.97 Å². The van der Waals surface area contributed by atoms with E-state index in [1.807, 2.05) is 11.8 Å². The Hall–Kier alpha value is -1.75. The van der Waals surface area contributed by atoms with Crippen LogP contribution in [0.25, 0.3) is 0 Å². The predicted octanol–water partition coefficient (Wildman–Crippen LogP) is 4.13. The fourth-order valence-electron chi connectivity index (χ4n) is 3.03. The van der Waals surface area contributed by atoms with Crippen LogP contribution in [0, 0.1) is 0 Å². The molecule has 1 unspecified atom stereocenters. The SMILES string of the molecule is CC1Cc2c(NCCCc3ccccc3)nc(NC3CC3)nc2S1. The number of thioether (sulfide) groups is 1. The van der Waals surface area contributed by atoms with Crippen LogP contribution in [0.3, 0.4) is 0 Å². The minimum Gasteiger partial charge on any atom is -0.370 e. The van der Waals surface area contributed by atoms with Crippen LogP contribution in [0.15, 0.2) is 35.4 Å². The Bertz CT molecular complexity index is 700. The van der Waals surface area contributed by atoms with Crippen LogP contribution in [0.4, 0.5) is 11.8 Å². The standard InChI is InChI=1S/C19H24N4S/c1-13-12-16-17(20-11-5-8-14-6-3-2-4-7-14)22-19(21-15-9-10-15)23-18(16)24-13/h2-4,6-7,13,15H,5,8-12H2,1H3,(H2,20,21,22,23). The highest BCUT2D eigenvalue weighted by atomic mass is 32.2. The number of hydrogen-bond acceptors (Lipinski definition) is 5. The highest BCUT2D eigenvalue weighted by Crippen LogP contribution is 2.39. The average molecular weight is 340 g/mol. The maximum absolute atomic E-state index is 4.76. The van der Waals surface area contributed by atoms with Gasteiger partial charge in [0, 0.05) is 23.4 Å². The number of nitrogens with one attached hydrogen (secondary N) is 2. The van der Waals surface area contributed by atoms with E-state index in [0.29, 0.717) is 11.3 Å². The highest BCUT2D eigenvalue weighted by molar-refractivity contribution is 8.00. The van der Waals surface area contributed by atoms with Gasteiger partial charge in [0.15, 0.2) is 0 Å². The number of rotatable bonds is 7. The first kappa shape index (κ1) is 15.8. The molecular weight excluding hydrogens is 316 g/mol. The number of anilines is 2. The van der Waals surface area contributed by atoms with Gasteiger partial charge in [-0.05, 0) is 37.7 Å². The van der Waals surface area contributed by atoms with Gasteiger partial charge in [0.05, 0.1) is 0 Å². The Morgan fingerprint density at radius 1 is 1.17 bits per heavy atom. The first-order valence-corrected chi connectivity index (χ1v) is 9.78. The van der Waals surface area contributed by atoms with Gasteiger partial charge in [0.2, 0.25) is 5.95 Å². The summed E-state index contributed by atoms with van der Waals surface area (Å²) < 4.78 is 0. The fraction of sp³-hybridized carbons (Fsp3) is 0.474. The van der Waals surface area contributed by atoms with Crippen molar-refractivity contribution >= 4 is 23.5 Å². The minimum atomic E-state index is 0.581. The molecule has 1 atom stereocenters. The lowest BCUT2D eigenvalue weighted by atomic mass is 10.1. The molecule has 2 N–H and O–H groups in total. The van der Waals surface area contributed by atoms with Crippen molar-refractivity contribution in [1.29, 1.82) is 0 Å². The van der Waals surface area contributed by atoms with E-state index in [2.05, 4.69) is 47.9 Å². The highest BCUT2D eigenvalue weighted by Gasteiger charge is 2.27. The fourth-order valence-corrected chi connectivity index (χ4v) is 4.12. The summed E-state index contributed by atoms with van der Waals surface area (Å²) in [5, 5.41) is 8.76. The first-order chi connectivity index (χ1) is 11.8. The number of nitrogens with zero attached hydrogens (tertiary/aromatic N) is 2. The van der Waals surface area contributed by atoms with Crippen LogP contribution in [-0.4, -0.2) is 27.8 Å². The van der Waals surface area contributed by atoms with E-state index in [1.54, 1.807) is 0 Å². The smallest absolute Gasteiger partial charge is 0.225 e. The van der Waals surface area contributed by atoms with Crippen molar-refractivity contribution in [2.45, 2.75) is 55.3 Å². The second kappa shape index (κ2) is 7.01. The number of hydrogen-bond donors (Lipinski definition) is 2. The Labute approximate surface area is 147 Å². The molecule has 0 radical (unpaired) electrons. The maximum Gasteiger partial charge on any atom is 0.225 e. The molecule has 2 aliphatic rings. The molecule has 0 spiro atoms. The van der Waals surface area contributed by atoms with Gasteiger partial charge < -0.3 is 10.6 Å². The molecular formula is C19H24N4S. The Balaban J connectivity index is 1.40. The van der Waals surface area contributed by atoms with Crippen LogP contribution in [-0.2, 0) is 12.8 Å². The molecule has 126 valence electrons. The van der Waals surface area contributed by atoms with Crippen molar-refractivity contribution in [2.75, 3.05) is 17.2 Å². The van der Waals surface area contributed by atoms with Gasteiger partial charge in [0.1, 0.15) is 10.8 Å². The normalized spacial score (nSPS) is 19.1. The zero-order valence-corrected chi connectivity index (χ0v) is 14.9. The molecule has 2 heterocycles. The van der Waals surface area contributed by atoms with Crippen molar-refractivity contribution in [3.05, 3.63) is 41.5 Å². The summed E-state index contributed by atoms with van der Waals surface area (Å²) in [5.41, 5.74) is 2.70. The summed E-state index contributed by atoms with van der Waals surface area (Å²) in [7, 11) is 0. The summed E-state index contributed by atoms with van der Waals surface area (Å²) in [4.78, 5) is 9.48. The van der Waals surface area contributed by atoms with E-state index in [0.717, 1.165) is 42.6 Å². The molecule has 1 aromatic carbocycles. The molecule has 1 saturated carbocycles. The molecule has 1 aromatic heterocycles. The summed E-state index contributed by atoms with van der Waals surface area (Å²) in [6.45, 7) is 3.21. The predicted molar refractivity (Wildman–Crippen MR) is 101 cm³/mol. The molecule has 24 heavy (non-hydrogen) atoms.